The predicted octanol–water partition coefficient (Wildman–Crippen LogP) is 1.76. The molecule has 0 fully saturated rings. The summed E-state index contributed by atoms with van der Waals surface area (Å²) in [7, 11) is 0. The summed E-state index contributed by atoms with van der Waals surface area (Å²) in [6.07, 6.45) is 0. The molecule has 0 aliphatic rings. The topological polar surface area (TPSA) is 43.0 Å². The first-order valence-electron chi connectivity index (χ1n) is 3.39. The summed E-state index contributed by atoms with van der Waals surface area (Å²) in [5.41, 5.74) is 0.741. The van der Waals surface area contributed by atoms with Crippen molar-refractivity contribution in [1.29, 1.82) is 0 Å². The minimum Gasteiger partial charge on any atom is -0.394 e. The van der Waals surface area contributed by atoms with Crippen LogP contribution in [0.2, 0.25) is 0 Å². The second-order valence-corrected chi connectivity index (χ2v) is 2.40. The lowest BCUT2D eigenvalue weighted by Gasteiger charge is -1.95. The lowest BCUT2D eigenvalue weighted by atomic mass is 10.3. The zero-order valence-corrected chi connectivity index (χ0v) is 7.00. The fourth-order valence-electron chi connectivity index (χ4n) is 0.709. The van der Waals surface area contributed by atoms with Gasteiger partial charge in [-0.1, -0.05) is 6.58 Å². The monoisotopic (exact) mass is 160 g/mol. The van der Waals surface area contributed by atoms with Crippen molar-refractivity contribution in [3.8, 4) is 0 Å². The Balaban J connectivity index is 3.26. The first kappa shape index (κ1) is 8.34. The van der Waals surface area contributed by atoms with Gasteiger partial charge in [-0.3, -0.25) is 0 Å². The molecule has 0 radical (unpaired) electrons. The van der Waals surface area contributed by atoms with Gasteiger partial charge in [-0.2, -0.15) is 4.98 Å². The molecule has 1 aromatic heterocycles. The molecule has 4 heteroatoms. The quantitative estimate of drug-likeness (QED) is 0.588. The average Bonchev–Trinajstić information content (AvgIpc) is 2.03. The van der Waals surface area contributed by atoms with E-state index in [0.29, 0.717) is 11.6 Å². The molecule has 0 N–H and O–H groups in total. The van der Waals surface area contributed by atoms with Crippen LogP contribution in [0.4, 0.5) is 5.95 Å². The van der Waals surface area contributed by atoms with E-state index in [4.69, 9.17) is 6.57 Å². The Labute approximate surface area is 70.8 Å². The number of hydrogen-bond acceptors (Lipinski definition) is 3. The Morgan fingerprint density at radius 2 is 2.08 bits per heavy atom. The molecule has 0 aromatic carbocycles. The molecule has 0 saturated heterocycles. The van der Waals surface area contributed by atoms with E-state index in [-0.39, 0.29) is 5.95 Å². The van der Waals surface area contributed by atoms with E-state index in [9.17, 15) is 0 Å². The number of hydrogen-bond donors (Lipinski definition) is 0. The second-order valence-electron chi connectivity index (χ2n) is 2.40. The number of nitrogens with zero attached hydrogens (tertiary/aromatic N) is 4. The second kappa shape index (κ2) is 3.09. The van der Waals surface area contributed by atoms with Gasteiger partial charge in [-0.15, -0.1) is 16.5 Å². The van der Waals surface area contributed by atoms with Crippen molar-refractivity contribution >= 4 is 11.5 Å². The molecular formula is C8H8N4. The molecule has 0 spiro atoms. The fourth-order valence-corrected chi connectivity index (χ4v) is 0.709. The van der Waals surface area contributed by atoms with E-state index < -0.39 is 0 Å². The number of rotatable bonds is 1. The van der Waals surface area contributed by atoms with Crippen molar-refractivity contribution in [3.63, 3.8) is 0 Å². The Bertz CT molecular complexity index is 362. The maximum absolute atomic E-state index is 6.72. The van der Waals surface area contributed by atoms with Gasteiger partial charge in [0.1, 0.15) is 0 Å². The highest BCUT2D eigenvalue weighted by Gasteiger charge is 2.05. The first-order chi connectivity index (χ1) is 5.63. The summed E-state index contributed by atoms with van der Waals surface area (Å²) >= 11 is 0. The average molecular weight is 160 g/mol. The van der Waals surface area contributed by atoms with Crippen molar-refractivity contribution in [2.45, 2.75) is 13.8 Å². The molecule has 0 aliphatic heterocycles. The van der Waals surface area contributed by atoms with Gasteiger partial charge in [0.05, 0.1) is 0 Å². The largest absolute Gasteiger partial charge is 0.394 e. The highest BCUT2D eigenvalue weighted by atomic mass is 15.1. The number of aryl methyl sites for hydroxylation is 1. The van der Waals surface area contributed by atoms with Gasteiger partial charge in [0.2, 0.25) is 5.82 Å². The van der Waals surface area contributed by atoms with Crippen LogP contribution < -0.4 is 0 Å². The van der Waals surface area contributed by atoms with Crippen LogP contribution in [0.3, 0.4) is 0 Å². The molecule has 4 nitrogen and oxygen atoms in total. The highest BCUT2D eigenvalue weighted by Crippen LogP contribution is 2.09. The van der Waals surface area contributed by atoms with E-state index in [2.05, 4.69) is 26.4 Å². The van der Waals surface area contributed by atoms with Crippen LogP contribution in [0, 0.1) is 13.5 Å². The lowest BCUT2D eigenvalue weighted by Crippen LogP contribution is -1.96. The molecular weight excluding hydrogens is 152 g/mol. The third-order valence-corrected chi connectivity index (χ3v) is 1.22. The molecule has 1 rings (SSSR count). The van der Waals surface area contributed by atoms with Gasteiger partial charge in [0.25, 0.3) is 0 Å². The standard InChI is InChI=1S/C8H8N4/c1-5(2)7-10-6(3)11-8(9-4)12-7/h1H2,2-3H3. The van der Waals surface area contributed by atoms with Crippen LogP contribution in [-0.4, -0.2) is 15.0 Å². The summed E-state index contributed by atoms with van der Waals surface area (Å²) in [5.74, 6) is 1.17. The summed E-state index contributed by atoms with van der Waals surface area (Å²) in [6, 6.07) is 0. The SMILES string of the molecule is [C-]#[N+]c1nc(C)nc(C(=C)C)n1. The maximum Gasteiger partial charge on any atom is 0.375 e. The molecule has 60 valence electrons. The van der Waals surface area contributed by atoms with E-state index in [1.54, 1.807) is 13.8 Å². The Morgan fingerprint density at radius 3 is 2.58 bits per heavy atom. The third-order valence-electron chi connectivity index (χ3n) is 1.22. The Kier molecular flexibility index (Phi) is 2.15. The molecule has 1 heterocycles. The molecule has 0 aliphatic carbocycles. The van der Waals surface area contributed by atoms with Crippen molar-refractivity contribution in [1.82, 2.24) is 15.0 Å². The van der Waals surface area contributed by atoms with Crippen molar-refractivity contribution in [2.24, 2.45) is 0 Å². The van der Waals surface area contributed by atoms with Crippen LogP contribution in [0.15, 0.2) is 6.58 Å². The molecule has 0 atom stereocenters. The van der Waals surface area contributed by atoms with Gasteiger partial charge >= 0.3 is 5.95 Å². The first-order valence-corrected chi connectivity index (χ1v) is 3.39. The van der Waals surface area contributed by atoms with Gasteiger partial charge in [0, 0.05) is 12.5 Å². The predicted molar refractivity (Wildman–Crippen MR) is 45.5 cm³/mol. The third kappa shape index (κ3) is 1.64. The Morgan fingerprint density at radius 1 is 1.42 bits per heavy atom. The minimum absolute atomic E-state index is 0.125. The highest BCUT2D eigenvalue weighted by molar-refractivity contribution is 5.55. The number of aromatic nitrogens is 3. The number of allylic oxidation sites excluding steroid dienone is 1. The summed E-state index contributed by atoms with van der Waals surface area (Å²) < 4.78 is 0. The smallest absolute Gasteiger partial charge is 0.375 e. The van der Waals surface area contributed by atoms with E-state index >= 15 is 0 Å². The van der Waals surface area contributed by atoms with E-state index in [0.717, 1.165) is 5.57 Å². The zero-order chi connectivity index (χ0) is 9.14. The molecule has 0 bridgehead atoms. The van der Waals surface area contributed by atoms with Crippen LogP contribution in [0.25, 0.3) is 10.4 Å². The van der Waals surface area contributed by atoms with Crippen LogP contribution in [-0.2, 0) is 0 Å². The van der Waals surface area contributed by atoms with E-state index in [1.807, 2.05) is 0 Å². The van der Waals surface area contributed by atoms with Crippen LogP contribution >= 0.6 is 0 Å². The molecule has 0 amide bonds. The normalized spacial score (nSPS) is 9.08. The van der Waals surface area contributed by atoms with Gasteiger partial charge in [-0.25, -0.2) is 0 Å². The van der Waals surface area contributed by atoms with Crippen LogP contribution in [0.5, 0.6) is 0 Å². The lowest BCUT2D eigenvalue weighted by molar-refractivity contribution is 0.970. The minimum atomic E-state index is 0.125. The zero-order valence-electron chi connectivity index (χ0n) is 7.00. The van der Waals surface area contributed by atoms with Gasteiger partial charge in [0.15, 0.2) is 5.82 Å². The van der Waals surface area contributed by atoms with Crippen molar-refractivity contribution < 1.29 is 0 Å². The fraction of sp³-hybridized carbons (Fsp3) is 0.250. The summed E-state index contributed by atoms with van der Waals surface area (Å²) in [4.78, 5) is 14.8. The molecule has 12 heavy (non-hydrogen) atoms. The van der Waals surface area contributed by atoms with Crippen molar-refractivity contribution in [3.05, 3.63) is 29.6 Å². The van der Waals surface area contributed by atoms with E-state index in [1.165, 1.54) is 0 Å². The Hall–Kier alpha value is -1.76. The summed E-state index contributed by atoms with van der Waals surface area (Å²) in [5, 5.41) is 0. The molecule has 0 saturated carbocycles. The summed E-state index contributed by atoms with van der Waals surface area (Å²) in [6.45, 7) is 13.9. The van der Waals surface area contributed by atoms with Gasteiger partial charge < -0.3 is 4.85 Å². The van der Waals surface area contributed by atoms with Crippen molar-refractivity contribution in [2.75, 3.05) is 0 Å². The maximum atomic E-state index is 6.72. The van der Waals surface area contributed by atoms with Crippen LogP contribution in [0.1, 0.15) is 18.6 Å². The molecule has 0 unspecified atom stereocenters. The molecule has 1 aromatic rings. The van der Waals surface area contributed by atoms with Gasteiger partial charge in [-0.05, 0) is 6.92 Å².